The molecule has 0 aliphatic heterocycles. The zero-order valence-corrected chi connectivity index (χ0v) is 18.0. The van der Waals surface area contributed by atoms with Gasteiger partial charge in [-0.15, -0.1) is 24.0 Å². The largest absolute Gasteiger partial charge is 0.461 e. The lowest BCUT2D eigenvalue weighted by Crippen LogP contribution is -2.39. The topological polar surface area (TPSA) is 91.1 Å². The molecule has 27 heavy (non-hydrogen) atoms. The van der Waals surface area contributed by atoms with Gasteiger partial charge in [0.05, 0.1) is 12.3 Å². The molecule has 0 aliphatic carbocycles. The number of aliphatic imine (C=N–C) groups is 1. The molecule has 7 nitrogen and oxygen atoms in total. The first kappa shape index (κ1) is 20.9. The lowest BCUT2D eigenvalue weighted by molar-refractivity contribution is 0.577. The summed E-state index contributed by atoms with van der Waals surface area (Å²) in [4.78, 5) is 8.73. The van der Waals surface area contributed by atoms with Gasteiger partial charge in [0, 0.05) is 20.0 Å². The van der Waals surface area contributed by atoms with E-state index in [1.54, 1.807) is 13.3 Å². The molecule has 1 aromatic carbocycles. The van der Waals surface area contributed by atoms with Gasteiger partial charge in [0.2, 0.25) is 5.82 Å². The summed E-state index contributed by atoms with van der Waals surface area (Å²) >= 11 is 0. The molecule has 0 saturated carbocycles. The molecule has 1 unspecified atom stereocenters. The first-order valence-electron chi connectivity index (χ1n) is 8.65. The third-order valence-electron chi connectivity index (χ3n) is 4.16. The van der Waals surface area contributed by atoms with Crippen molar-refractivity contribution in [2.24, 2.45) is 4.99 Å². The molecule has 144 valence electrons. The van der Waals surface area contributed by atoms with Gasteiger partial charge in [0.25, 0.3) is 0 Å². The number of aromatic nitrogens is 3. The third-order valence-corrected chi connectivity index (χ3v) is 4.16. The minimum atomic E-state index is 0. The molecule has 0 aliphatic rings. The summed E-state index contributed by atoms with van der Waals surface area (Å²) in [5, 5.41) is 13.8. The maximum absolute atomic E-state index is 5.30. The average Bonchev–Trinajstić information content (AvgIpc) is 3.32. The van der Waals surface area contributed by atoms with Crippen molar-refractivity contribution in [3.63, 3.8) is 0 Å². The number of guanidine groups is 1. The van der Waals surface area contributed by atoms with Gasteiger partial charge in [-0.2, -0.15) is 5.10 Å². The first-order chi connectivity index (χ1) is 12.7. The molecule has 0 saturated heterocycles. The van der Waals surface area contributed by atoms with Gasteiger partial charge in [-0.05, 0) is 37.1 Å². The minimum absolute atomic E-state index is 0. The van der Waals surface area contributed by atoms with Gasteiger partial charge in [0.15, 0.2) is 11.7 Å². The van der Waals surface area contributed by atoms with Crippen molar-refractivity contribution in [3.05, 3.63) is 59.6 Å². The summed E-state index contributed by atoms with van der Waals surface area (Å²) in [7, 11) is 1.77. The Kier molecular flexibility index (Phi) is 7.83. The molecular formula is C19H25IN6O. The van der Waals surface area contributed by atoms with Gasteiger partial charge in [-0.1, -0.05) is 24.3 Å². The van der Waals surface area contributed by atoms with E-state index in [1.165, 1.54) is 11.1 Å². The highest BCUT2D eigenvalue weighted by Crippen LogP contribution is 2.16. The van der Waals surface area contributed by atoms with Crippen molar-refractivity contribution in [2.75, 3.05) is 13.6 Å². The highest BCUT2D eigenvalue weighted by atomic mass is 127. The zero-order chi connectivity index (χ0) is 18.4. The van der Waals surface area contributed by atoms with Crippen LogP contribution in [0.25, 0.3) is 11.6 Å². The summed E-state index contributed by atoms with van der Waals surface area (Å²) in [5.41, 5.74) is 2.52. The van der Waals surface area contributed by atoms with E-state index in [9.17, 15) is 0 Å². The molecular weight excluding hydrogens is 455 g/mol. The summed E-state index contributed by atoms with van der Waals surface area (Å²) in [6.07, 6.45) is 2.31. The second kappa shape index (κ2) is 10.1. The third kappa shape index (κ3) is 5.56. The molecule has 2 aromatic heterocycles. The van der Waals surface area contributed by atoms with Crippen molar-refractivity contribution in [1.29, 1.82) is 0 Å². The van der Waals surface area contributed by atoms with E-state index in [-0.39, 0.29) is 30.0 Å². The molecule has 0 fully saturated rings. The van der Waals surface area contributed by atoms with E-state index in [4.69, 9.17) is 4.42 Å². The lowest BCUT2D eigenvalue weighted by Gasteiger charge is -2.19. The number of benzene rings is 1. The van der Waals surface area contributed by atoms with Crippen LogP contribution in [0.2, 0.25) is 0 Å². The number of nitrogens with one attached hydrogen (secondary N) is 3. The van der Waals surface area contributed by atoms with Crippen molar-refractivity contribution >= 4 is 29.9 Å². The lowest BCUT2D eigenvalue weighted by atomic mass is 10.0. The molecule has 3 rings (SSSR count). The predicted molar refractivity (Wildman–Crippen MR) is 117 cm³/mol. The number of halogens is 1. The standard InChI is InChI=1S/C19H24N6O.HI/c1-13-7-4-5-8-15(13)14(2)22-19(20-3)21-11-10-17-23-18(25-24-17)16-9-6-12-26-16;/h4-9,12,14H,10-11H2,1-3H3,(H2,20,21,22)(H,23,24,25);1H. The normalized spacial score (nSPS) is 12.3. The first-order valence-corrected chi connectivity index (χ1v) is 8.65. The van der Waals surface area contributed by atoms with Crippen LogP contribution in [0.5, 0.6) is 0 Å². The molecule has 0 spiro atoms. The number of aromatic amines is 1. The zero-order valence-electron chi connectivity index (χ0n) is 15.7. The van der Waals surface area contributed by atoms with Gasteiger partial charge < -0.3 is 15.1 Å². The fraction of sp³-hybridized carbons (Fsp3) is 0.316. The van der Waals surface area contributed by atoms with Gasteiger partial charge in [-0.3, -0.25) is 10.1 Å². The number of furan rings is 1. The molecule has 3 N–H and O–H groups in total. The highest BCUT2D eigenvalue weighted by molar-refractivity contribution is 14.0. The monoisotopic (exact) mass is 480 g/mol. The fourth-order valence-electron chi connectivity index (χ4n) is 2.77. The summed E-state index contributed by atoms with van der Waals surface area (Å²) in [6, 6.07) is 12.2. The maximum Gasteiger partial charge on any atom is 0.216 e. The predicted octanol–water partition coefficient (Wildman–Crippen LogP) is 3.46. The van der Waals surface area contributed by atoms with Crippen LogP contribution in [-0.2, 0) is 6.42 Å². The molecule has 0 amide bonds. The Labute approximate surface area is 176 Å². The van der Waals surface area contributed by atoms with Gasteiger partial charge in [-0.25, -0.2) is 4.98 Å². The number of hydrogen-bond acceptors (Lipinski definition) is 4. The second-order valence-corrected chi connectivity index (χ2v) is 6.05. The van der Waals surface area contributed by atoms with E-state index < -0.39 is 0 Å². The molecule has 3 aromatic rings. The highest BCUT2D eigenvalue weighted by Gasteiger charge is 2.11. The van der Waals surface area contributed by atoms with Crippen molar-refractivity contribution < 1.29 is 4.42 Å². The number of hydrogen-bond donors (Lipinski definition) is 3. The van der Waals surface area contributed by atoms with Crippen LogP contribution in [0.15, 0.2) is 52.1 Å². The maximum atomic E-state index is 5.30. The summed E-state index contributed by atoms with van der Waals surface area (Å²) in [6.45, 7) is 4.93. The van der Waals surface area contributed by atoms with E-state index in [2.05, 4.69) is 62.9 Å². The van der Waals surface area contributed by atoms with Crippen LogP contribution in [0.1, 0.15) is 29.9 Å². The second-order valence-electron chi connectivity index (χ2n) is 6.05. The Morgan fingerprint density at radius 2 is 2.07 bits per heavy atom. The van der Waals surface area contributed by atoms with E-state index >= 15 is 0 Å². The number of rotatable bonds is 6. The van der Waals surface area contributed by atoms with Crippen LogP contribution < -0.4 is 10.6 Å². The van der Waals surface area contributed by atoms with Crippen LogP contribution in [-0.4, -0.2) is 34.7 Å². The molecule has 8 heteroatoms. The molecule has 1 atom stereocenters. The Hall–Kier alpha value is -2.36. The van der Waals surface area contributed by atoms with Crippen LogP contribution in [0, 0.1) is 6.92 Å². The molecule has 0 bridgehead atoms. The Balaban J connectivity index is 0.00000261. The van der Waals surface area contributed by atoms with Gasteiger partial charge in [0.1, 0.15) is 5.82 Å². The molecule has 2 heterocycles. The van der Waals surface area contributed by atoms with Gasteiger partial charge >= 0.3 is 0 Å². The fourth-order valence-corrected chi connectivity index (χ4v) is 2.77. The number of H-pyrrole nitrogens is 1. The van der Waals surface area contributed by atoms with E-state index in [1.807, 2.05) is 18.2 Å². The SMILES string of the molecule is CN=C(NCCc1nc(-c2ccco2)n[nH]1)NC(C)c1ccccc1C.I. The van der Waals surface area contributed by atoms with Crippen molar-refractivity contribution in [2.45, 2.75) is 26.3 Å². The van der Waals surface area contributed by atoms with E-state index in [0.29, 0.717) is 24.6 Å². The average molecular weight is 480 g/mol. The summed E-state index contributed by atoms with van der Waals surface area (Å²) in [5.74, 6) is 2.78. The Bertz CT molecular complexity index is 859. The minimum Gasteiger partial charge on any atom is -0.461 e. The Morgan fingerprint density at radius 3 is 2.78 bits per heavy atom. The van der Waals surface area contributed by atoms with Crippen molar-refractivity contribution in [1.82, 2.24) is 25.8 Å². The van der Waals surface area contributed by atoms with Crippen LogP contribution >= 0.6 is 24.0 Å². The smallest absolute Gasteiger partial charge is 0.216 e. The van der Waals surface area contributed by atoms with E-state index in [0.717, 1.165) is 11.8 Å². The van der Waals surface area contributed by atoms with Crippen molar-refractivity contribution in [3.8, 4) is 11.6 Å². The quantitative estimate of drug-likeness (QED) is 0.286. The Morgan fingerprint density at radius 1 is 1.26 bits per heavy atom. The van der Waals surface area contributed by atoms with Crippen LogP contribution in [0.4, 0.5) is 0 Å². The number of nitrogens with zero attached hydrogens (tertiary/aromatic N) is 3. The van der Waals surface area contributed by atoms with Crippen LogP contribution in [0.3, 0.4) is 0 Å². The summed E-state index contributed by atoms with van der Waals surface area (Å²) < 4.78 is 5.30. The number of aryl methyl sites for hydroxylation is 1. The molecule has 0 radical (unpaired) electrons.